The molecule has 0 aliphatic carbocycles. The quantitative estimate of drug-likeness (QED) is 0.834. The van der Waals surface area contributed by atoms with Crippen molar-refractivity contribution in [1.82, 2.24) is 9.97 Å². The summed E-state index contributed by atoms with van der Waals surface area (Å²) in [6.45, 7) is 9.31. The molecule has 3 atom stereocenters. The minimum atomic E-state index is 0.253. The molecule has 5 heteroatoms. The first-order valence-electron chi connectivity index (χ1n) is 7.11. The number of nitrogens with zero attached hydrogens (tertiary/aromatic N) is 3. The summed E-state index contributed by atoms with van der Waals surface area (Å²) in [6.07, 6.45) is 3.23. The molecule has 104 valence electrons. The molecule has 0 bridgehead atoms. The molecular formula is C14H22N4O. The van der Waals surface area contributed by atoms with E-state index in [0.29, 0.717) is 5.92 Å². The molecule has 0 saturated carbocycles. The lowest BCUT2D eigenvalue weighted by atomic mass is 9.97. The van der Waals surface area contributed by atoms with Crippen molar-refractivity contribution >= 4 is 11.6 Å². The molecule has 2 aliphatic heterocycles. The van der Waals surface area contributed by atoms with E-state index in [0.717, 1.165) is 37.7 Å². The maximum absolute atomic E-state index is 5.80. The summed E-state index contributed by atoms with van der Waals surface area (Å²) in [5.74, 6) is 2.73. The molecule has 3 heterocycles. The fraction of sp³-hybridized carbons (Fsp3) is 0.714. The number of hydrogen-bond acceptors (Lipinski definition) is 5. The summed E-state index contributed by atoms with van der Waals surface area (Å²) in [4.78, 5) is 11.3. The van der Waals surface area contributed by atoms with Gasteiger partial charge in [-0.1, -0.05) is 6.92 Å². The third-order valence-corrected chi connectivity index (χ3v) is 3.81. The van der Waals surface area contributed by atoms with E-state index >= 15 is 0 Å². The molecule has 5 nitrogen and oxygen atoms in total. The zero-order valence-electron chi connectivity index (χ0n) is 11.9. The van der Waals surface area contributed by atoms with Crippen molar-refractivity contribution < 1.29 is 4.74 Å². The number of rotatable bonds is 1. The summed E-state index contributed by atoms with van der Waals surface area (Å²) >= 11 is 0. The van der Waals surface area contributed by atoms with Crippen LogP contribution in [0.4, 0.5) is 11.6 Å². The first-order valence-corrected chi connectivity index (χ1v) is 7.11. The molecule has 1 N–H and O–H groups in total. The molecule has 2 aliphatic rings. The van der Waals surface area contributed by atoms with Crippen LogP contribution in [-0.2, 0) is 11.2 Å². The van der Waals surface area contributed by atoms with Gasteiger partial charge in [-0.2, -0.15) is 0 Å². The molecule has 0 aromatic carbocycles. The van der Waals surface area contributed by atoms with Gasteiger partial charge in [0.1, 0.15) is 18.0 Å². The number of morpholine rings is 1. The zero-order valence-corrected chi connectivity index (χ0v) is 11.9. The molecule has 0 amide bonds. The Morgan fingerprint density at radius 3 is 2.68 bits per heavy atom. The Hall–Kier alpha value is -1.36. The van der Waals surface area contributed by atoms with Gasteiger partial charge < -0.3 is 15.0 Å². The van der Waals surface area contributed by atoms with E-state index in [2.05, 4.69) is 41.0 Å². The van der Waals surface area contributed by atoms with Crippen LogP contribution in [0.25, 0.3) is 0 Å². The van der Waals surface area contributed by atoms with Gasteiger partial charge in [0.2, 0.25) is 0 Å². The van der Waals surface area contributed by atoms with E-state index < -0.39 is 0 Å². The van der Waals surface area contributed by atoms with Crippen molar-refractivity contribution in [1.29, 1.82) is 0 Å². The number of anilines is 2. The SMILES string of the molecule is CC1CNc2ncnc(N3CC(C)OC(C)C3)c2C1. The maximum Gasteiger partial charge on any atom is 0.137 e. The Labute approximate surface area is 114 Å². The minimum absolute atomic E-state index is 0.253. The van der Waals surface area contributed by atoms with E-state index in [9.17, 15) is 0 Å². The lowest BCUT2D eigenvalue weighted by Crippen LogP contribution is -2.46. The van der Waals surface area contributed by atoms with Crippen molar-refractivity contribution in [2.75, 3.05) is 29.9 Å². The van der Waals surface area contributed by atoms with E-state index in [-0.39, 0.29) is 12.2 Å². The first kappa shape index (κ1) is 12.7. The second-order valence-corrected chi connectivity index (χ2v) is 5.88. The Bertz CT molecular complexity index is 455. The number of aromatic nitrogens is 2. The highest BCUT2D eigenvalue weighted by molar-refractivity contribution is 5.60. The van der Waals surface area contributed by atoms with Crippen molar-refractivity contribution in [3.63, 3.8) is 0 Å². The topological polar surface area (TPSA) is 50.3 Å². The molecule has 1 aromatic rings. The van der Waals surface area contributed by atoms with Gasteiger partial charge >= 0.3 is 0 Å². The van der Waals surface area contributed by atoms with E-state index in [4.69, 9.17) is 4.74 Å². The van der Waals surface area contributed by atoms with Crippen LogP contribution in [0.15, 0.2) is 6.33 Å². The van der Waals surface area contributed by atoms with Crippen LogP contribution in [0.5, 0.6) is 0 Å². The summed E-state index contributed by atoms with van der Waals surface area (Å²) in [7, 11) is 0. The predicted molar refractivity (Wildman–Crippen MR) is 75.6 cm³/mol. The molecule has 19 heavy (non-hydrogen) atoms. The van der Waals surface area contributed by atoms with Crippen LogP contribution in [-0.4, -0.2) is 41.8 Å². The lowest BCUT2D eigenvalue weighted by Gasteiger charge is -2.38. The summed E-state index contributed by atoms with van der Waals surface area (Å²) in [5, 5.41) is 3.41. The Kier molecular flexibility index (Phi) is 3.31. The first-order chi connectivity index (χ1) is 9.13. The lowest BCUT2D eigenvalue weighted by molar-refractivity contribution is -0.00552. The molecule has 1 aromatic heterocycles. The third kappa shape index (κ3) is 2.52. The monoisotopic (exact) mass is 262 g/mol. The van der Waals surface area contributed by atoms with E-state index in [1.54, 1.807) is 6.33 Å². The Balaban J connectivity index is 1.92. The Morgan fingerprint density at radius 1 is 1.21 bits per heavy atom. The number of nitrogens with one attached hydrogen (secondary N) is 1. The van der Waals surface area contributed by atoms with Crippen LogP contribution in [0.2, 0.25) is 0 Å². The number of hydrogen-bond donors (Lipinski definition) is 1. The van der Waals surface area contributed by atoms with Crippen molar-refractivity contribution in [3.05, 3.63) is 11.9 Å². The van der Waals surface area contributed by atoms with Gasteiger partial charge in [0.05, 0.1) is 12.2 Å². The fourth-order valence-corrected chi connectivity index (χ4v) is 3.06. The average molecular weight is 262 g/mol. The van der Waals surface area contributed by atoms with Gasteiger partial charge in [0, 0.05) is 25.2 Å². The largest absolute Gasteiger partial charge is 0.372 e. The number of fused-ring (bicyclic) bond motifs is 1. The highest BCUT2D eigenvalue weighted by atomic mass is 16.5. The molecular weight excluding hydrogens is 240 g/mol. The second-order valence-electron chi connectivity index (χ2n) is 5.88. The van der Waals surface area contributed by atoms with Gasteiger partial charge in [-0.15, -0.1) is 0 Å². The molecule has 0 radical (unpaired) electrons. The minimum Gasteiger partial charge on any atom is -0.372 e. The van der Waals surface area contributed by atoms with Crippen molar-refractivity contribution in [2.24, 2.45) is 5.92 Å². The molecule has 1 saturated heterocycles. The highest BCUT2D eigenvalue weighted by Gasteiger charge is 2.28. The summed E-state index contributed by atoms with van der Waals surface area (Å²) < 4.78 is 5.80. The van der Waals surface area contributed by atoms with Crippen LogP contribution in [0.3, 0.4) is 0 Å². The van der Waals surface area contributed by atoms with Gasteiger partial charge in [-0.3, -0.25) is 0 Å². The van der Waals surface area contributed by atoms with Gasteiger partial charge in [-0.25, -0.2) is 9.97 Å². The Morgan fingerprint density at radius 2 is 1.95 bits per heavy atom. The van der Waals surface area contributed by atoms with Crippen LogP contribution < -0.4 is 10.2 Å². The predicted octanol–water partition coefficient (Wildman–Crippen LogP) is 1.69. The smallest absolute Gasteiger partial charge is 0.137 e. The molecule has 0 spiro atoms. The highest BCUT2D eigenvalue weighted by Crippen LogP contribution is 2.31. The van der Waals surface area contributed by atoms with Crippen LogP contribution >= 0.6 is 0 Å². The second kappa shape index (κ2) is 4.96. The molecule has 3 rings (SSSR count). The molecule has 3 unspecified atom stereocenters. The van der Waals surface area contributed by atoms with Gasteiger partial charge in [0.15, 0.2) is 0 Å². The molecule has 1 fully saturated rings. The maximum atomic E-state index is 5.80. The summed E-state index contributed by atoms with van der Waals surface area (Å²) in [6, 6.07) is 0. The van der Waals surface area contributed by atoms with Crippen LogP contribution in [0.1, 0.15) is 26.3 Å². The summed E-state index contributed by atoms with van der Waals surface area (Å²) in [5.41, 5.74) is 1.27. The van der Waals surface area contributed by atoms with Gasteiger partial charge in [-0.05, 0) is 26.2 Å². The fourth-order valence-electron chi connectivity index (χ4n) is 3.06. The van der Waals surface area contributed by atoms with Gasteiger partial charge in [0.25, 0.3) is 0 Å². The zero-order chi connectivity index (χ0) is 13.4. The number of ether oxygens (including phenoxy) is 1. The van der Waals surface area contributed by atoms with Crippen molar-refractivity contribution in [3.8, 4) is 0 Å². The standard InChI is InChI=1S/C14H22N4O/c1-9-4-12-13(15-5-9)16-8-17-14(12)18-6-10(2)19-11(3)7-18/h8-11H,4-7H2,1-3H3,(H,15,16,17). The average Bonchev–Trinajstić information content (AvgIpc) is 2.36. The normalized spacial score (nSPS) is 30.7. The van der Waals surface area contributed by atoms with E-state index in [1.165, 1.54) is 5.56 Å². The van der Waals surface area contributed by atoms with Crippen LogP contribution in [0, 0.1) is 5.92 Å². The van der Waals surface area contributed by atoms with Crippen molar-refractivity contribution in [2.45, 2.75) is 39.4 Å². The third-order valence-electron chi connectivity index (χ3n) is 3.81. The van der Waals surface area contributed by atoms with E-state index in [1.807, 2.05) is 0 Å².